The van der Waals surface area contributed by atoms with E-state index in [1.807, 2.05) is 12.1 Å². The summed E-state index contributed by atoms with van der Waals surface area (Å²) in [5.74, 6) is -0.564. The SMILES string of the molecule is COc1cccc(/C=C2\SC(=O)N(Cc3ccccc3Br)C2=O)c1Oc1ccc([N+](=O)[O-])cc1[N+](=O)[O-]. The Kier molecular flexibility index (Phi) is 7.55. The lowest BCUT2D eigenvalue weighted by atomic mass is 10.1. The molecule has 37 heavy (non-hydrogen) atoms. The second-order valence-electron chi connectivity index (χ2n) is 7.51. The van der Waals surface area contributed by atoms with Gasteiger partial charge in [-0.15, -0.1) is 0 Å². The van der Waals surface area contributed by atoms with Crippen molar-refractivity contribution < 1.29 is 28.9 Å². The van der Waals surface area contributed by atoms with Gasteiger partial charge in [0.25, 0.3) is 16.8 Å². The van der Waals surface area contributed by atoms with Gasteiger partial charge in [0.05, 0.1) is 34.5 Å². The van der Waals surface area contributed by atoms with Crippen LogP contribution in [0.2, 0.25) is 0 Å². The van der Waals surface area contributed by atoms with Gasteiger partial charge in [0.1, 0.15) is 0 Å². The highest BCUT2D eigenvalue weighted by atomic mass is 79.9. The highest BCUT2D eigenvalue weighted by Gasteiger charge is 2.35. The molecule has 188 valence electrons. The number of amides is 2. The number of imide groups is 1. The van der Waals surface area contributed by atoms with E-state index in [4.69, 9.17) is 9.47 Å². The first-order valence-electron chi connectivity index (χ1n) is 10.5. The number of ether oxygens (including phenoxy) is 2. The predicted molar refractivity (Wildman–Crippen MR) is 138 cm³/mol. The molecule has 0 unspecified atom stereocenters. The number of rotatable bonds is 8. The zero-order valence-corrected chi connectivity index (χ0v) is 21.4. The molecule has 0 aromatic heterocycles. The Morgan fingerprint density at radius 3 is 2.43 bits per heavy atom. The van der Waals surface area contributed by atoms with Crippen LogP contribution in [0.3, 0.4) is 0 Å². The van der Waals surface area contributed by atoms with Gasteiger partial charge in [-0.3, -0.25) is 34.7 Å². The third kappa shape index (κ3) is 5.47. The van der Waals surface area contributed by atoms with Gasteiger partial charge >= 0.3 is 5.69 Å². The first kappa shape index (κ1) is 25.9. The molecule has 1 heterocycles. The summed E-state index contributed by atoms with van der Waals surface area (Å²) in [5.41, 5.74) is -0.0434. The van der Waals surface area contributed by atoms with Gasteiger partial charge in [0, 0.05) is 16.1 Å². The van der Waals surface area contributed by atoms with E-state index in [0.717, 1.165) is 44.9 Å². The van der Waals surface area contributed by atoms with Crippen molar-refractivity contribution in [1.82, 2.24) is 4.90 Å². The lowest BCUT2D eigenvalue weighted by Gasteiger charge is -2.14. The molecule has 0 spiro atoms. The fourth-order valence-electron chi connectivity index (χ4n) is 3.45. The maximum Gasteiger partial charge on any atom is 0.318 e. The molecule has 3 aromatic carbocycles. The van der Waals surface area contributed by atoms with Gasteiger partial charge in [-0.25, -0.2) is 0 Å². The van der Waals surface area contributed by atoms with Crippen molar-refractivity contribution >= 4 is 56.3 Å². The molecule has 0 aliphatic carbocycles. The molecule has 0 saturated carbocycles. The molecule has 0 N–H and O–H groups in total. The summed E-state index contributed by atoms with van der Waals surface area (Å²) in [6.07, 6.45) is 1.43. The van der Waals surface area contributed by atoms with Crippen LogP contribution in [0.15, 0.2) is 70.0 Å². The van der Waals surface area contributed by atoms with Crippen LogP contribution in [-0.4, -0.2) is 33.0 Å². The van der Waals surface area contributed by atoms with Gasteiger partial charge in [0.15, 0.2) is 11.5 Å². The van der Waals surface area contributed by atoms with Crippen molar-refractivity contribution in [2.24, 2.45) is 0 Å². The molecular weight excluding hydrogens is 570 g/mol. The van der Waals surface area contributed by atoms with Crippen LogP contribution in [0.4, 0.5) is 16.2 Å². The maximum absolute atomic E-state index is 13.1. The summed E-state index contributed by atoms with van der Waals surface area (Å²) in [4.78, 5) is 48.0. The first-order chi connectivity index (χ1) is 17.7. The summed E-state index contributed by atoms with van der Waals surface area (Å²) in [6.45, 7) is 0.0693. The second kappa shape index (κ2) is 10.8. The number of non-ortho nitro benzene ring substituents is 1. The Hall–Kier alpha value is -4.23. The minimum atomic E-state index is -0.801. The van der Waals surface area contributed by atoms with E-state index in [9.17, 15) is 29.8 Å². The summed E-state index contributed by atoms with van der Waals surface area (Å²) in [7, 11) is 1.36. The lowest BCUT2D eigenvalue weighted by molar-refractivity contribution is -0.394. The molecule has 3 aromatic rings. The largest absolute Gasteiger partial charge is 0.493 e. The summed E-state index contributed by atoms with van der Waals surface area (Å²) in [5, 5.41) is 22.2. The average Bonchev–Trinajstić information content (AvgIpc) is 3.13. The molecule has 13 heteroatoms. The van der Waals surface area contributed by atoms with Crippen molar-refractivity contribution in [3.8, 4) is 17.2 Å². The fraction of sp³-hybridized carbons (Fsp3) is 0.0833. The molecule has 0 bridgehead atoms. The average molecular weight is 586 g/mol. The highest BCUT2D eigenvalue weighted by Crippen LogP contribution is 2.42. The van der Waals surface area contributed by atoms with Gasteiger partial charge in [0.2, 0.25) is 5.75 Å². The van der Waals surface area contributed by atoms with E-state index in [0.29, 0.717) is 5.56 Å². The molecule has 0 atom stereocenters. The number of para-hydroxylation sites is 1. The molecular formula is C24H16BrN3O8S. The number of nitrogens with zero attached hydrogens (tertiary/aromatic N) is 3. The minimum Gasteiger partial charge on any atom is -0.493 e. The molecule has 0 radical (unpaired) electrons. The number of benzene rings is 3. The molecule has 1 saturated heterocycles. The van der Waals surface area contributed by atoms with Crippen LogP contribution in [-0.2, 0) is 11.3 Å². The quantitative estimate of drug-likeness (QED) is 0.169. The Balaban J connectivity index is 1.70. The smallest absolute Gasteiger partial charge is 0.318 e. The molecule has 4 rings (SSSR count). The highest BCUT2D eigenvalue weighted by molar-refractivity contribution is 9.10. The monoisotopic (exact) mass is 585 g/mol. The van der Waals surface area contributed by atoms with Crippen LogP contribution in [0.25, 0.3) is 6.08 Å². The second-order valence-corrected chi connectivity index (χ2v) is 9.35. The molecule has 11 nitrogen and oxygen atoms in total. The zero-order chi connectivity index (χ0) is 26.7. The number of methoxy groups -OCH3 is 1. The number of carbonyl (C=O) groups is 2. The standard InChI is InChI=1S/C24H16BrN3O8S/c1-35-20-8-4-6-14(22(20)36-19-10-9-16(27(31)32)12-18(19)28(33)34)11-21-23(29)26(24(30)37-21)13-15-5-2-3-7-17(15)25/h2-12H,13H2,1H3/b21-11-. The minimum absolute atomic E-state index is 0.0274. The third-order valence-electron chi connectivity index (χ3n) is 5.24. The van der Waals surface area contributed by atoms with Crippen LogP contribution >= 0.6 is 27.7 Å². The normalized spacial score (nSPS) is 14.2. The van der Waals surface area contributed by atoms with Crippen molar-refractivity contribution in [3.63, 3.8) is 0 Å². The number of carbonyl (C=O) groups excluding carboxylic acids is 2. The van der Waals surface area contributed by atoms with Crippen molar-refractivity contribution in [2.75, 3.05) is 7.11 Å². The third-order valence-corrected chi connectivity index (χ3v) is 6.92. The van der Waals surface area contributed by atoms with Crippen molar-refractivity contribution in [2.45, 2.75) is 6.54 Å². The first-order valence-corrected chi connectivity index (χ1v) is 12.1. The number of thioether (sulfide) groups is 1. The van der Waals surface area contributed by atoms with E-state index in [1.165, 1.54) is 13.2 Å². The van der Waals surface area contributed by atoms with Crippen LogP contribution < -0.4 is 9.47 Å². The van der Waals surface area contributed by atoms with Crippen LogP contribution in [0.5, 0.6) is 17.2 Å². The fourth-order valence-corrected chi connectivity index (χ4v) is 4.69. The predicted octanol–water partition coefficient (Wildman–Crippen LogP) is 6.30. The van der Waals surface area contributed by atoms with Gasteiger partial charge in [-0.05, 0) is 41.6 Å². The number of hydrogen-bond acceptors (Lipinski definition) is 9. The molecule has 2 amide bonds. The Bertz CT molecular complexity index is 1480. The molecule has 1 aliphatic rings. The number of nitro groups is 2. The van der Waals surface area contributed by atoms with E-state index < -0.39 is 32.4 Å². The topological polar surface area (TPSA) is 142 Å². The van der Waals surface area contributed by atoms with E-state index >= 15 is 0 Å². The van der Waals surface area contributed by atoms with Crippen molar-refractivity contribution in [3.05, 3.63) is 101 Å². The van der Waals surface area contributed by atoms with Gasteiger partial charge in [-0.2, -0.15) is 0 Å². The zero-order valence-electron chi connectivity index (χ0n) is 19.0. The lowest BCUT2D eigenvalue weighted by Crippen LogP contribution is -2.27. The molecule has 1 aliphatic heterocycles. The summed E-state index contributed by atoms with van der Waals surface area (Å²) < 4.78 is 11.9. The Morgan fingerprint density at radius 1 is 1.00 bits per heavy atom. The summed E-state index contributed by atoms with van der Waals surface area (Å²) in [6, 6.07) is 14.9. The number of halogens is 1. The van der Waals surface area contributed by atoms with Crippen molar-refractivity contribution in [1.29, 1.82) is 0 Å². The summed E-state index contributed by atoms with van der Waals surface area (Å²) >= 11 is 4.16. The van der Waals surface area contributed by atoms with E-state index in [1.54, 1.807) is 30.3 Å². The van der Waals surface area contributed by atoms with E-state index in [-0.39, 0.29) is 28.7 Å². The Morgan fingerprint density at radius 2 is 1.76 bits per heavy atom. The van der Waals surface area contributed by atoms with Crippen LogP contribution in [0.1, 0.15) is 11.1 Å². The van der Waals surface area contributed by atoms with Gasteiger partial charge in [-0.1, -0.05) is 46.3 Å². The number of nitro benzene ring substituents is 2. The van der Waals surface area contributed by atoms with E-state index in [2.05, 4.69) is 15.9 Å². The van der Waals surface area contributed by atoms with Crippen LogP contribution in [0, 0.1) is 20.2 Å². The van der Waals surface area contributed by atoms with Gasteiger partial charge < -0.3 is 9.47 Å². The molecule has 1 fully saturated rings. The Labute approximate surface area is 222 Å². The number of hydrogen-bond donors (Lipinski definition) is 0. The maximum atomic E-state index is 13.1.